The van der Waals surface area contributed by atoms with Crippen LogP contribution < -0.4 is 17.0 Å². The van der Waals surface area contributed by atoms with Crippen LogP contribution in [0.3, 0.4) is 0 Å². The second kappa shape index (κ2) is 6.66. The van der Waals surface area contributed by atoms with Gasteiger partial charge in [-0.15, -0.1) is 0 Å². The Balaban J connectivity index is 2.90. The minimum Gasteiger partial charge on any atom is -0.330 e. The van der Waals surface area contributed by atoms with Crippen LogP contribution in [-0.4, -0.2) is 15.7 Å². The molecule has 0 aliphatic carbocycles. The lowest BCUT2D eigenvalue weighted by molar-refractivity contribution is 0.527. The van der Waals surface area contributed by atoms with Gasteiger partial charge in [0.1, 0.15) is 0 Å². The molecule has 2 N–H and O–H groups in total. The average Bonchev–Trinajstić information content (AvgIpc) is 2.32. The molecule has 0 saturated carbocycles. The van der Waals surface area contributed by atoms with E-state index >= 15 is 0 Å². The van der Waals surface area contributed by atoms with E-state index in [1.54, 1.807) is 0 Å². The number of rotatable bonds is 6. The van der Waals surface area contributed by atoms with Crippen LogP contribution in [0.5, 0.6) is 0 Å². The lowest BCUT2D eigenvalue weighted by Crippen LogP contribution is -2.39. The van der Waals surface area contributed by atoms with Gasteiger partial charge in [-0.05, 0) is 19.4 Å². The first-order valence-corrected chi connectivity index (χ1v) is 5.58. The van der Waals surface area contributed by atoms with Crippen LogP contribution in [0, 0.1) is 11.3 Å². The van der Waals surface area contributed by atoms with Crippen molar-refractivity contribution >= 4 is 0 Å². The van der Waals surface area contributed by atoms with Crippen molar-refractivity contribution in [3.05, 3.63) is 33.1 Å². The van der Waals surface area contributed by atoms with Crippen molar-refractivity contribution in [2.24, 2.45) is 5.73 Å². The standard InChI is InChI=1S/C11H16N4O2/c12-5-1-2-7-14-9-4-10(16)15(11(14)17)8-3-6-13/h4,9H,1-3,6-8,13H2. The molecular weight excluding hydrogens is 220 g/mol. The average molecular weight is 236 g/mol. The molecule has 0 aliphatic rings. The van der Waals surface area contributed by atoms with Crippen LogP contribution in [0.2, 0.25) is 0 Å². The molecule has 6 nitrogen and oxygen atoms in total. The molecule has 0 radical (unpaired) electrons. The highest BCUT2D eigenvalue weighted by Gasteiger charge is 2.04. The fourth-order valence-corrected chi connectivity index (χ4v) is 1.51. The molecule has 6 heteroatoms. The fraction of sp³-hybridized carbons (Fsp3) is 0.545. The Labute approximate surface area is 98.9 Å². The van der Waals surface area contributed by atoms with Crippen molar-refractivity contribution in [3.8, 4) is 6.07 Å². The molecule has 17 heavy (non-hydrogen) atoms. The van der Waals surface area contributed by atoms with Crippen molar-refractivity contribution in [2.45, 2.75) is 32.4 Å². The predicted octanol–water partition coefficient (Wildman–Crippen LogP) is -0.337. The fourth-order valence-electron chi connectivity index (χ4n) is 1.51. The van der Waals surface area contributed by atoms with Crippen LogP contribution in [-0.2, 0) is 13.1 Å². The Morgan fingerprint density at radius 3 is 2.71 bits per heavy atom. The normalized spacial score (nSPS) is 10.1. The van der Waals surface area contributed by atoms with Crippen LogP contribution in [0.25, 0.3) is 0 Å². The van der Waals surface area contributed by atoms with Crippen molar-refractivity contribution in [1.29, 1.82) is 5.26 Å². The molecule has 0 saturated heterocycles. The molecule has 1 aromatic heterocycles. The van der Waals surface area contributed by atoms with Gasteiger partial charge in [0.05, 0.1) is 6.07 Å². The third-order valence-electron chi connectivity index (χ3n) is 2.41. The van der Waals surface area contributed by atoms with E-state index in [1.165, 1.54) is 21.4 Å². The van der Waals surface area contributed by atoms with Crippen molar-refractivity contribution in [2.75, 3.05) is 6.54 Å². The summed E-state index contributed by atoms with van der Waals surface area (Å²) in [4.78, 5) is 23.4. The smallest absolute Gasteiger partial charge is 0.330 e. The zero-order valence-corrected chi connectivity index (χ0v) is 9.63. The van der Waals surface area contributed by atoms with E-state index in [0.717, 1.165) is 0 Å². The highest BCUT2D eigenvalue weighted by Crippen LogP contribution is 1.90. The van der Waals surface area contributed by atoms with Gasteiger partial charge in [-0.2, -0.15) is 5.26 Å². The summed E-state index contributed by atoms with van der Waals surface area (Å²) in [6.45, 7) is 1.23. The van der Waals surface area contributed by atoms with Gasteiger partial charge in [-0.25, -0.2) is 4.79 Å². The molecule has 0 fully saturated rings. The third-order valence-corrected chi connectivity index (χ3v) is 2.41. The number of nitriles is 1. The summed E-state index contributed by atoms with van der Waals surface area (Å²) in [6, 6.07) is 3.38. The zero-order chi connectivity index (χ0) is 12.7. The van der Waals surface area contributed by atoms with E-state index in [0.29, 0.717) is 38.9 Å². The van der Waals surface area contributed by atoms with E-state index in [2.05, 4.69) is 0 Å². The maximum absolute atomic E-state index is 11.9. The van der Waals surface area contributed by atoms with Gasteiger partial charge in [-0.1, -0.05) is 0 Å². The highest BCUT2D eigenvalue weighted by atomic mass is 16.2. The lowest BCUT2D eigenvalue weighted by Gasteiger charge is -2.08. The van der Waals surface area contributed by atoms with Crippen LogP contribution in [0.1, 0.15) is 19.3 Å². The number of unbranched alkanes of at least 4 members (excludes halogenated alkanes) is 1. The number of nitrogens with zero attached hydrogens (tertiary/aromatic N) is 3. The third kappa shape index (κ3) is 3.57. The number of nitrogens with two attached hydrogens (primary N) is 1. The zero-order valence-electron chi connectivity index (χ0n) is 9.63. The second-order valence-electron chi connectivity index (χ2n) is 3.69. The molecule has 0 unspecified atom stereocenters. The SMILES string of the molecule is N#CCCCn1ccc(=O)n(CCCN)c1=O. The maximum atomic E-state index is 11.9. The summed E-state index contributed by atoms with van der Waals surface area (Å²) < 4.78 is 2.63. The van der Waals surface area contributed by atoms with Crippen molar-refractivity contribution in [3.63, 3.8) is 0 Å². The first-order valence-electron chi connectivity index (χ1n) is 5.58. The van der Waals surface area contributed by atoms with Crippen LogP contribution >= 0.6 is 0 Å². The topological polar surface area (TPSA) is 93.8 Å². The molecule has 0 amide bonds. The maximum Gasteiger partial charge on any atom is 0.330 e. The molecule has 0 spiro atoms. The van der Waals surface area contributed by atoms with Gasteiger partial charge in [-0.3, -0.25) is 9.36 Å². The van der Waals surface area contributed by atoms with E-state index in [9.17, 15) is 9.59 Å². The largest absolute Gasteiger partial charge is 0.330 e. The first-order chi connectivity index (χ1) is 8.20. The minimum atomic E-state index is -0.330. The Hall–Kier alpha value is -1.87. The van der Waals surface area contributed by atoms with Crippen LogP contribution in [0.15, 0.2) is 21.9 Å². The van der Waals surface area contributed by atoms with E-state index in [1.807, 2.05) is 6.07 Å². The molecule has 1 heterocycles. The van der Waals surface area contributed by atoms with E-state index in [-0.39, 0.29) is 11.2 Å². The summed E-state index contributed by atoms with van der Waals surface area (Å²) in [5, 5.41) is 8.42. The summed E-state index contributed by atoms with van der Waals surface area (Å²) in [6.07, 6.45) is 3.07. The highest BCUT2D eigenvalue weighted by molar-refractivity contribution is 4.86. The summed E-state index contributed by atoms with van der Waals surface area (Å²) in [5.41, 5.74) is 4.72. The molecular formula is C11H16N4O2. The Bertz CT molecular complexity index is 509. The molecule has 1 aromatic rings. The quantitative estimate of drug-likeness (QED) is 0.684. The summed E-state index contributed by atoms with van der Waals surface area (Å²) >= 11 is 0. The Morgan fingerprint density at radius 1 is 1.29 bits per heavy atom. The van der Waals surface area contributed by atoms with Crippen molar-refractivity contribution in [1.82, 2.24) is 9.13 Å². The van der Waals surface area contributed by atoms with E-state index in [4.69, 9.17) is 11.0 Å². The molecule has 0 aliphatic heterocycles. The van der Waals surface area contributed by atoms with Gasteiger partial charge >= 0.3 is 5.69 Å². The van der Waals surface area contributed by atoms with Crippen molar-refractivity contribution < 1.29 is 0 Å². The van der Waals surface area contributed by atoms with Crippen LogP contribution in [0.4, 0.5) is 0 Å². The number of aromatic nitrogens is 2. The van der Waals surface area contributed by atoms with Gasteiger partial charge in [0.25, 0.3) is 5.56 Å². The number of hydrogen-bond donors (Lipinski definition) is 1. The summed E-state index contributed by atoms with van der Waals surface area (Å²) in [7, 11) is 0. The molecule has 1 rings (SSSR count). The first kappa shape index (κ1) is 13.2. The molecule has 0 atom stereocenters. The Kier molecular flexibility index (Phi) is 5.17. The predicted molar refractivity (Wildman–Crippen MR) is 63.5 cm³/mol. The monoisotopic (exact) mass is 236 g/mol. The van der Waals surface area contributed by atoms with Gasteiger partial charge in [0.15, 0.2) is 0 Å². The van der Waals surface area contributed by atoms with Gasteiger partial charge in [0, 0.05) is 31.8 Å². The van der Waals surface area contributed by atoms with E-state index < -0.39 is 0 Å². The molecule has 0 bridgehead atoms. The number of aryl methyl sites for hydroxylation is 1. The Morgan fingerprint density at radius 2 is 2.06 bits per heavy atom. The van der Waals surface area contributed by atoms with Gasteiger partial charge in [0.2, 0.25) is 0 Å². The second-order valence-corrected chi connectivity index (χ2v) is 3.69. The van der Waals surface area contributed by atoms with Gasteiger partial charge < -0.3 is 10.3 Å². The summed E-state index contributed by atoms with van der Waals surface area (Å²) in [5.74, 6) is 0. The lowest BCUT2D eigenvalue weighted by atomic mass is 10.3. The molecule has 0 aromatic carbocycles. The number of hydrogen-bond acceptors (Lipinski definition) is 4. The minimum absolute atomic E-state index is 0.306. The molecule has 92 valence electrons.